The van der Waals surface area contributed by atoms with Crippen molar-refractivity contribution in [3.8, 4) is 16.9 Å². The second-order valence-corrected chi connectivity index (χ2v) is 8.33. The van der Waals surface area contributed by atoms with Gasteiger partial charge in [0, 0.05) is 55.2 Å². The van der Waals surface area contributed by atoms with E-state index in [-0.39, 0.29) is 11.9 Å². The van der Waals surface area contributed by atoms with Crippen molar-refractivity contribution in [1.82, 2.24) is 14.5 Å². The first-order chi connectivity index (χ1) is 15.6. The maximum absolute atomic E-state index is 12.2. The number of ether oxygens (including phenoxy) is 1. The average molecular weight is 469 g/mol. The SMILES string of the molecule is CN=C(N)c1ccn(C(C)c2cc(Cl)c(C)c(-c3ccc(C(=O)N(C)C)nc3)c2OC)c1N. The highest BCUT2D eigenvalue weighted by atomic mass is 35.5. The summed E-state index contributed by atoms with van der Waals surface area (Å²) in [7, 11) is 6.62. The zero-order chi connectivity index (χ0) is 24.4. The number of halogens is 1. The molecule has 174 valence electrons. The highest BCUT2D eigenvalue weighted by molar-refractivity contribution is 6.32. The summed E-state index contributed by atoms with van der Waals surface area (Å²) in [5.74, 6) is 1.36. The van der Waals surface area contributed by atoms with Crippen LogP contribution in [-0.4, -0.2) is 54.4 Å². The number of carbonyl (C=O) groups excluding carboxylic acids is 1. The number of rotatable bonds is 6. The second kappa shape index (κ2) is 9.54. The molecule has 0 aliphatic rings. The predicted octanol–water partition coefficient (Wildman–Crippen LogP) is 3.75. The number of amides is 1. The normalized spacial score (nSPS) is 12.5. The molecule has 0 fully saturated rings. The fraction of sp³-hybridized carbons (Fsp3) is 0.292. The van der Waals surface area contributed by atoms with E-state index >= 15 is 0 Å². The number of carbonyl (C=O) groups is 1. The highest BCUT2D eigenvalue weighted by Crippen LogP contribution is 2.43. The number of anilines is 1. The van der Waals surface area contributed by atoms with Crippen LogP contribution in [0.15, 0.2) is 41.7 Å². The van der Waals surface area contributed by atoms with Crippen molar-refractivity contribution in [1.29, 1.82) is 0 Å². The molecule has 0 saturated heterocycles. The lowest BCUT2D eigenvalue weighted by atomic mass is 9.94. The number of nitrogens with zero attached hydrogens (tertiary/aromatic N) is 4. The Hall–Kier alpha value is -3.52. The van der Waals surface area contributed by atoms with Crippen LogP contribution in [0.2, 0.25) is 5.02 Å². The van der Waals surface area contributed by atoms with E-state index in [0.29, 0.717) is 33.7 Å². The summed E-state index contributed by atoms with van der Waals surface area (Å²) in [5.41, 5.74) is 16.7. The van der Waals surface area contributed by atoms with E-state index in [1.54, 1.807) is 40.5 Å². The molecule has 0 aliphatic carbocycles. The van der Waals surface area contributed by atoms with Crippen molar-refractivity contribution < 1.29 is 9.53 Å². The third-order valence-electron chi connectivity index (χ3n) is 5.73. The molecular weight excluding hydrogens is 440 g/mol. The summed E-state index contributed by atoms with van der Waals surface area (Å²) in [6, 6.07) is 7.06. The Bertz CT molecular complexity index is 1210. The zero-order valence-corrected chi connectivity index (χ0v) is 20.4. The number of hydrogen-bond donors (Lipinski definition) is 2. The molecule has 33 heavy (non-hydrogen) atoms. The number of benzene rings is 1. The molecule has 1 aromatic carbocycles. The van der Waals surface area contributed by atoms with E-state index in [4.69, 9.17) is 27.8 Å². The van der Waals surface area contributed by atoms with Gasteiger partial charge < -0.3 is 25.7 Å². The first-order valence-corrected chi connectivity index (χ1v) is 10.7. The molecule has 8 nitrogen and oxygen atoms in total. The van der Waals surface area contributed by atoms with E-state index in [9.17, 15) is 4.79 Å². The van der Waals surface area contributed by atoms with Gasteiger partial charge in [-0.2, -0.15) is 0 Å². The van der Waals surface area contributed by atoms with Crippen LogP contribution in [0.5, 0.6) is 5.75 Å². The minimum Gasteiger partial charge on any atom is -0.496 e. The monoisotopic (exact) mass is 468 g/mol. The fourth-order valence-electron chi connectivity index (χ4n) is 3.80. The first-order valence-electron chi connectivity index (χ1n) is 10.4. The highest BCUT2D eigenvalue weighted by Gasteiger charge is 2.24. The number of nitrogen functional groups attached to an aromatic ring is 1. The molecule has 4 N–H and O–H groups in total. The molecule has 2 heterocycles. The molecule has 0 saturated carbocycles. The Balaban J connectivity index is 2.15. The van der Waals surface area contributed by atoms with Crippen LogP contribution in [0.3, 0.4) is 0 Å². The third kappa shape index (κ3) is 4.39. The Kier molecular flexibility index (Phi) is 6.98. The van der Waals surface area contributed by atoms with Gasteiger partial charge in [-0.1, -0.05) is 17.7 Å². The van der Waals surface area contributed by atoms with Crippen LogP contribution >= 0.6 is 11.6 Å². The van der Waals surface area contributed by atoms with Crippen LogP contribution in [0, 0.1) is 6.92 Å². The lowest BCUT2D eigenvalue weighted by Crippen LogP contribution is -2.22. The van der Waals surface area contributed by atoms with Crippen molar-refractivity contribution in [2.75, 3.05) is 34.0 Å². The van der Waals surface area contributed by atoms with E-state index < -0.39 is 0 Å². The van der Waals surface area contributed by atoms with Gasteiger partial charge in [0.2, 0.25) is 0 Å². The standard InChI is InChI=1S/C24H29ClN6O2/c1-13-18(25)11-17(14(2)31-10-9-16(23(31)27)22(26)28-3)21(33-6)20(13)15-7-8-19(29-12-15)24(32)30(4)5/h7-12,14H,27H2,1-6H3,(H2,26,28). The van der Waals surface area contributed by atoms with Crippen LogP contribution in [0.4, 0.5) is 5.82 Å². The lowest BCUT2D eigenvalue weighted by molar-refractivity contribution is 0.0822. The van der Waals surface area contributed by atoms with E-state index in [1.165, 1.54) is 4.90 Å². The number of nitrogens with two attached hydrogens (primary N) is 2. The second-order valence-electron chi connectivity index (χ2n) is 7.92. The summed E-state index contributed by atoms with van der Waals surface area (Å²) in [4.78, 5) is 22.1. The third-order valence-corrected chi connectivity index (χ3v) is 6.12. The van der Waals surface area contributed by atoms with Crippen molar-refractivity contribution in [3.63, 3.8) is 0 Å². The number of methoxy groups -OCH3 is 1. The Morgan fingerprint density at radius 2 is 2.00 bits per heavy atom. The van der Waals surface area contributed by atoms with Crippen molar-refractivity contribution in [2.45, 2.75) is 19.9 Å². The number of aromatic nitrogens is 2. The molecule has 1 unspecified atom stereocenters. The molecule has 9 heteroatoms. The molecule has 0 spiro atoms. The van der Waals surface area contributed by atoms with Gasteiger partial charge in [0.15, 0.2) is 0 Å². The van der Waals surface area contributed by atoms with E-state index in [1.807, 2.05) is 42.8 Å². The molecule has 0 radical (unpaired) electrons. The molecule has 0 aliphatic heterocycles. The van der Waals surface area contributed by atoms with Crippen LogP contribution in [0.1, 0.15) is 40.1 Å². The van der Waals surface area contributed by atoms with Gasteiger partial charge in [0.05, 0.1) is 18.7 Å². The van der Waals surface area contributed by atoms with Gasteiger partial charge in [-0.3, -0.25) is 14.8 Å². The molecule has 3 rings (SSSR count). The van der Waals surface area contributed by atoms with Gasteiger partial charge >= 0.3 is 0 Å². The predicted molar refractivity (Wildman–Crippen MR) is 133 cm³/mol. The van der Waals surface area contributed by atoms with Gasteiger partial charge in [-0.25, -0.2) is 0 Å². The molecule has 0 bridgehead atoms. The summed E-state index contributed by atoms with van der Waals surface area (Å²) < 4.78 is 7.78. The average Bonchev–Trinajstić information content (AvgIpc) is 3.20. The van der Waals surface area contributed by atoms with Gasteiger partial charge in [-0.05, 0) is 37.6 Å². The minimum atomic E-state index is -0.210. The van der Waals surface area contributed by atoms with Crippen LogP contribution in [0.25, 0.3) is 11.1 Å². The lowest BCUT2D eigenvalue weighted by Gasteiger charge is -2.23. The quantitative estimate of drug-likeness (QED) is 0.422. The Labute approximate surface area is 198 Å². The molecule has 2 aromatic heterocycles. The van der Waals surface area contributed by atoms with E-state index in [0.717, 1.165) is 22.3 Å². The Morgan fingerprint density at radius 3 is 2.55 bits per heavy atom. The maximum atomic E-state index is 12.2. The molecular formula is C24H29ClN6O2. The fourth-order valence-corrected chi connectivity index (χ4v) is 4.02. The molecule has 1 atom stereocenters. The van der Waals surface area contributed by atoms with Crippen LogP contribution in [-0.2, 0) is 0 Å². The van der Waals surface area contributed by atoms with Gasteiger partial charge in [-0.15, -0.1) is 0 Å². The summed E-state index contributed by atoms with van der Waals surface area (Å²) >= 11 is 6.65. The zero-order valence-electron chi connectivity index (χ0n) is 19.7. The van der Waals surface area contributed by atoms with Gasteiger partial charge in [0.25, 0.3) is 5.91 Å². The minimum absolute atomic E-state index is 0.167. The van der Waals surface area contributed by atoms with Crippen LogP contribution < -0.4 is 16.2 Å². The molecule has 1 amide bonds. The van der Waals surface area contributed by atoms with Crippen molar-refractivity contribution in [3.05, 3.63) is 64.1 Å². The first kappa shape index (κ1) is 24.1. The maximum Gasteiger partial charge on any atom is 0.271 e. The van der Waals surface area contributed by atoms with Gasteiger partial charge in [0.1, 0.15) is 23.1 Å². The smallest absolute Gasteiger partial charge is 0.271 e. The summed E-state index contributed by atoms with van der Waals surface area (Å²) in [5, 5.41) is 0.585. The number of hydrogen-bond acceptors (Lipinski definition) is 5. The number of pyridine rings is 1. The van der Waals surface area contributed by atoms with Crippen molar-refractivity contribution in [2.24, 2.45) is 10.7 Å². The number of amidine groups is 1. The largest absolute Gasteiger partial charge is 0.496 e. The number of aliphatic imine (C=N–C) groups is 1. The van der Waals surface area contributed by atoms with Crippen molar-refractivity contribution >= 4 is 29.2 Å². The topological polar surface area (TPSA) is 112 Å². The molecule has 3 aromatic rings. The van der Waals surface area contributed by atoms with E-state index in [2.05, 4.69) is 9.98 Å². The Morgan fingerprint density at radius 1 is 1.30 bits per heavy atom. The summed E-state index contributed by atoms with van der Waals surface area (Å²) in [6.07, 6.45) is 3.52. The summed E-state index contributed by atoms with van der Waals surface area (Å²) in [6.45, 7) is 3.93.